The average Bonchev–Trinajstić information content (AvgIpc) is 3.67. The second kappa shape index (κ2) is 16.9. The van der Waals surface area contributed by atoms with Gasteiger partial charge in [0.05, 0.1) is 34.8 Å². The highest BCUT2D eigenvalue weighted by Gasteiger charge is 2.44. The fourth-order valence-electron chi connectivity index (χ4n) is 5.61. The summed E-state index contributed by atoms with van der Waals surface area (Å²) in [5, 5.41) is 25.1. The Morgan fingerprint density at radius 2 is 1.73 bits per heavy atom. The van der Waals surface area contributed by atoms with E-state index in [2.05, 4.69) is 15.6 Å². The molecule has 0 radical (unpaired) electrons. The number of rotatable bonds is 15. The molecule has 1 aromatic heterocycles. The van der Waals surface area contributed by atoms with E-state index in [1.807, 2.05) is 64.4 Å². The van der Waals surface area contributed by atoms with Gasteiger partial charge in [-0.2, -0.15) is 0 Å². The first-order valence-corrected chi connectivity index (χ1v) is 17.2. The van der Waals surface area contributed by atoms with Crippen molar-refractivity contribution in [2.75, 3.05) is 26.4 Å². The molecule has 3 aromatic rings. The molecule has 4 atom stereocenters. The van der Waals surface area contributed by atoms with E-state index in [0.29, 0.717) is 12.2 Å². The molecule has 3 amide bonds. The fraction of sp³-hybridized carbons (Fsp3) is 0.472. The number of likely N-dealkylation sites (tertiary alicyclic amines) is 1. The molecule has 1 saturated heterocycles. The molecule has 12 nitrogen and oxygen atoms in total. The van der Waals surface area contributed by atoms with Crippen LogP contribution in [0.25, 0.3) is 10.4 Å². The number of amides is 3. The van der Waals surface area contributed by atoms with Crippen LogP contribution >= 0.6 is 11.3 Å². The van der Waals surface area contributed by atoms with Gasteiger partial charge >= 0.3 is 5.97 Å². The van der Waals surface area contributed by atoms with E-state index in [-0.39, 0.29) is 51.2 Å². The average molecular weight is 695 g/mol. The number of thiazole rings is 1. The number of hydrogen-bond donors (Lipinski definition) is 4. The molecular weight excluding hydrogens is 648 g/mol. The summed E-state index contributed by atoms with van der Waals surface area (Å²) in [6, 6.07) is 12.8. The Morgan fingerprint density at radius 1 is 1.04 bits per heavy atom. The Kier molecular flexibility index (Phi) is 12.9. The van der Waals surface area contributed by atoms with Crippen molar-refractivity contribution >= 4 is 35.0 Å². The summed E-state index contributed by atoms with van der Waals surface area (Å²) in [6.07, 6.45) is -0.302. The maximum absolute atomic E-state index is 13.9. The number of benzene rings is 2. The summed E-state index contributed by atoms with van der Waals surface area (Å²) in [5.74, 6) is -1.59. The van der Waals surface area contributed by atoms with Crippen LogP contribution in [-0.2, 0) is 30.3 Å². The maximum atomic E-state index is 13.9. The molecule has 0 saturated carbocycles. The smallest absolute Gasteiger partial charge is 0.303 e. The minimum Gasteiger partial charge on any atom is -0.491 e. The topological polar surface area (TPSA) is 167 Å². The zero-order valence-corrected chi connectivity index (χ0v) is 29.4. The molecule has 2 aromatic carbocycles. The van der Waals surface area contributed by atoms with Crippen LogP contribution in [0.3, 0.4) is 0 Å². The summed E-state index contributed by atoms with van der Waals surface area (Å²) in [5.41, 5.74) is 4.90. The Labute approximate surface area is 290 Å². The summed E-state index contributed by atoms with van der Waals surface area (Å²) < 4.78 is 11.1. The SMILES string of the molecule is Cc1ncsc1-c1ccc(C(C)NC(=O)C2CC(O)CN2C(=O)C(NC(=O)COCCOc2ccc(CCC(=O)O)cc2)C(C)(C)C)cc1. The quantitative estimate of drug-likeness (QED) is 0.173. The van der Waals surface area contributed by atoms with E-state index in [1.165, 1.54) is 4.90 Å². The van der Waals surface area contributed by atoms with Crippen molar-refractivity contribution in [3.05, 3.63) is 70.9 Å². The lowest BCUT2D eigenvalue weighted by Gasteiger charge is -2.35. The predicted molar refractivity (Wildman–Crippen MR) is 185 cm³/mol. The van der Waals surface area contributed by atoms with Gasteiger partial charge in [-0.25, -0.2) is 4.98 Å². The van der Waals surface area contributed by atoms with Crippen molar-refractivity contribution in [1.29, 1.82) is 0 Å². The zero-order chi connectivity index (χ0) is 35.7. The van der Waals surface area contributed by atoms with Crippen LogP contribution in [0, 0.1) is 12.3 Å². The lowest BCUT2D eigenvalue weighted by molar-refractivity contribution is -0.144. The molecule has 1 fully saturated rings. The van der Waals surface area contributed by atoms with Crippen molar-refractivity contribution < 1.29 is 38.9 Å². The summed E-state index contributed by atoms with van der Waals surface area (Å²) in [7, 11) is 0. The van der Waals surface area contributed by atoms with Gasteiger partial charge in [0.25, 0.3) is 0 Å². The number of ether oxygens (including phenoxy) is 2. The molecule has 0 bridgehead atoms. The molecule has 4 N–H and O–H groups in total. The van der Waals surface area contributed by atoms with E-state index in [4.69, 9.17) is 14.6 Å². The summed E-state index contributed by atoms with van der Waals surface area (Å²) >= 11 is 1.57. The number of carbonyl (C=O) groups excluding carboxylic acids is 3. The third kappa shape index (κ3) is 10.6. The van der Waals surface area contributed by atoms with Crippen molar-refractivity contribution in [2.45, 2.75) is 78.1 Å². The van der Waals surface area contributed by atoms with Gasteiger partial charge in [0.2, 0.25) is 17.7 Å². The highest BCUT2D eigenvalue weighted by Crippen LogP contribution is 2.29. The Hall–Kier alpha value is -4.33. The van der Waals surface area contributed by atoms with Crippen LogP contribution in [0.4, 0.5) is 0 Å². The molecule has 13 heteroatoms. The van der Waals surface area contributed by atoms with E-state index in [0.717, 1.165) is 27.3 Å². The van der Waals surface area contributed by atoms with Crippen LogP contribution in [0.2, 0.25) is 0 Å². The number of aliphatic hydroxyl groups excluding tert-OH is 1. The number of nitrogens with zero attached hydrogens (tertiary/aromatic N) is 2. The second-order valence-electron chi connectivity index (χ2n) is 13.3. The van der Waals surface area contributed by atoms with Crippen LogP contribution in [0.15, 0.2) is 54.0 Å². The van der Waals surface area contributed by atoms with Gasteiger partial charge in [0.15, 0.2) is 0 Å². The van der Waals surface area contributed by atoms with Crippen LogP contribution < -0.4 is 15.4 Å². The van der Waals surface area contributed by atoms with E-state index in [9.17, 15) is 24.3 Å². The van der Waals surface area contributed by atoms with E-state index < -0.39 is 41.4 Å². The van der Waals surface area contributed by atoms with E-state index >= 15 is 0 Å². The van der Waals surface area contributed by atoms with Gasteiger partial charge in [-0.15, -0.1) is 11.3 Å². The van der Waals surface area contributed by atoms with Crippen molar-refractivity contribution in [1.82, 2.24) is 20.5 Å². The predicted octanol–water partition coefficient (Wildman–Crippen LogP) is 3.90. The first-order chi connectivity index (χ1) is 23.2. The number of hydrogen-bond acceptors (Lipinski definition) is 9. The molecule has 4 unspecified atom stereocenters. The Bertz CT molecular complexity index is 1590. The highest BCUT2D eigenvalue weighted by molar-refractivity contribution is 7.13. The first-order valence-electron chi connectivity index (χ1n) is 16.3. The van der Waals surface area contributed by atoms with Gasteiger partial charge in [-0.05, 0) is 54.5 Å². The number of aliphatic carboxylic acids is 1. The lowest BCUT2D eigenvalue weighted by atomic mass is 9.85. The third-order valence-electron chi connectivity index (χ3n) is 8.34. The van der Waals surface area contributed by atoms with Gasteiger partial charge in [-0.1, -0.05) is 57.2 Å². The number of carboxylic acids is 1. The number of aryl methyl sites for hydroxylation is 2. The molecule has 2 heterocycles. The van der Waals surface area contributed by atoms with Gasteiger partial charge in [0.1, 0.15) is 31.0 Å². The number of aromatic nitrogens is 1. The number of nitrogens with one attached hydrogen (secondary N) is 2. The molecule has 0 aliphatic carbocycles. The standard InChI is InChI=1S/C36H46N4O8S/c1-22(25-9-11-26(12-10-25)32-23(2)37-21-49-32)38-34(45)29-18-27(41)19-40(29)35(46)33(36(3,4)5)39-30(42)20-47-16-17-48-28-13-6-24(7-14-28)8-15-31(43)44/h6-7,9-14,21-22,27,29,33,41H,8,15-20H2,1-5H3,(H,38,45)(H,39,42)(H,43,44). The number of carboxylic acid groups (broad SMARTS) is 1. The molecule has 264 valence electrons. The zero-order valence-electron chi connectivity index (χ0n) is 28.6. The van der Waals surface area contributed by atoms with Crippen LogP contribution in [0.5, 0.6) is 5.75 Å². The minimum absolute atomic E-state index is 0.0228. The Morgan fingerprint density at radius 3 is 2.35 bits per heavy atom. The Balaban J connectivity index is 1.28. The number of β-amino-alcohol motifs (C(OH)–C–C–N with tert-alkyl or cyclic N) is 1. The van der Waals surface area contributed by atoms with Crippen LogP contribution in [0.1, 0.15) is 63.4 Å². The van der Waals surface area contributed by atoms with Crippen molar-refractivity contribution in [2.24, 2.45) is 5.41 Å². The molecule has 4 rings (SSSR count). The number of aliphatic hydroxyl groups is 1. The maximum Gasteiger partial charge on any atom is 0.303 e. The van der Waals surface area contributed by atoms with Gasteiger partial charge in [-0.3, -0.25) is 19.2 Å². The van der Waals surface area contributed by atoms with E-state index in [1.54, 1.807) is 35.6 Å². The minimum atomic E-state index is -0.972. The van der Waals surface area contributed by atoms with Crippen LogP contribution in [-0.4, -0.2) is 88.3 Å². The first kappa shape index (κ1) is 37.5. The third-order valence-corrected chi connectivity index (χ3v) is 9.32. The van der Waals surface area contributed by atoms with Crippen molar-refractivity contribution in [3.8, 4) is 16.2 Å². The summed E-state index contributed by atoms with van der Waals surface area (Å²) in [4.78, 5) is 57.8. The van der Waals surface area contributed by atoms with Gasteiger partial charge in [0, 0.05) is 19.4 Å². The normalized spacial score (nSPS) is 17.3. The lowest BCUT2D eigenvalue weighted by Crippen LogP contribution is -2.58. The highest BCUT2D eigenvalue weighted by atomic mass is 32.1. The molecule has 49 heavy (non-hydrogen) atoms. The van der Waals surface area contributed by atoms with Crippen molar-refractivity contribution in [3.63, 3.8) is 0 Å². The second-order valence-corrected chi connectivity index (χ2v) is 14.2. The molecule has 1 aliphatic rings. The fourth-order valence-corrected chi connectivity index (χ4v) is 6.42. The number of carbonyl (C=O) groups is 4. The van der Waals surface area contributed by atoms with Gasteiger partial charge < -0.3 is 35.2 Å². The largest absolute Gasteiger partial charge is 0.491 e. The monoisotopic (exact) mass is 694 g/mol. The molecule has 0 spiro atoms. The summed E-state index contributed by atoms with van der Waals surface area (Å²) in [6.45, 7) is 9.26. The molecular formula is C36H46N4O8S. The molecule has 1 aliphatic heterocycles.